The molecule has 120 valence electrons. The minimum absolute atomic E-state index is 0.104. The summed E-state index contributed by atoms with van der Waals surface area (Å²) in [6.45, 7) is 7.68. The number of nitrogens with zero attached hydrogens (tertiary/aromatic N) is 1. The highest BCUT2D eigenvalue weighted by Gasteiger charge is 2.38. The van der Waals surface area contributed by atoms with E-state index >= 15 is 0 Å². The van der Waals surface area contributed by atoms with Gasteiger partial charge in [0, 0.05) is 24.6 Å². The van der Waals surface area contributed by atoms with Crippen LogP contribution in [0.3, 0.4) is 0 Å². The van der Waals surface area contributed by atoms with Crippen LogP contribution in [-0.2, 0) is 4.74 Å². The maximum absolute atomic E-state index is 12.7. The van der Waals surface area contributed by atoms with E-state index in [0.717, 1.165) is 31.7 Å². The van der Waals surface area contributed by atoms with Gasteiger partial charge in [0.1, 0.15) is 5.75 Å². The van der Waals surface area contributed by atoms with E-state index in [9.17, 15) is 4.79 Å². The summed E-state index contributed by atoms with van der Waals surface area (Å²) in [7, 11) is 0. The number of fused-ring (bicyclic) bond motifs is 1. The van der Waals surface area contributed by atoms with E-state index in [1.54, 1.807) is 0 Å². The van der Waals surface area contributed by atoms with Gasteiger partial charge in [0.05, 0.1) is 18.3 Å². The number of carbonyl (C=O) groups excluding carboxylic acids is 1. The van der Waals surface area contributed by atoms with E-state index in [1.165, 1.54) is 0 Å². The number of ether oxygens (including phenoxy) is 2. The van der Waals surface area contributed by atoms with Crippen molar-refractivity contribution in [2.75, 3.05) is 13.1 Å². The highest BCUT2D eigenvalue weighted by Crippen LogP contribution is 2.33. The van der Waals surface area contributed by atoms with Crippen molar-refractivity contribution < 1.29 is 14.3 Å². The molecule has 0 saturated carbocycles. The fourth-order valence-electron chi connectivity index (χ4n) is 3.54. The van der Waals surface area contributed by atoms with Gasteiger partial charge in [0.15, 0.2) is 0 Å². The minimum atomic E-state index is 0.104. The first-order chi connectivity index (χ1) is 10.5. The number of carbonyl (C=O) groups is 1. The van der Waals surface area contributed by atoms with Gasteiger partial charge in [0.25, 0.3) is 5.91 Å². The molecule has 0 N–H and O–H groups in total. The molecule has 0 aliphatic carbocycles. The average molecular weight is 303 g/mol. The summed E-state index contributed by atoms with van der Waals surface area (Å²) < 4.78 is 11.6. The van der Waals surface area contributed by atoms with Crippen LogP contribution in [0.5, 0.6) is 5.75 Å². The van der Waals surface area contributed by atoms with E-state index < -0.39 is 0 Å². The van der Waals surface area contributed by atoms with E-state index in [-0.39, 0.29) is 12.0 Å². The fourth-order valence-corrected chi connectivity index (χ4v) is 3.54. The summed E-state index contributed by atoms with van der Waals surface area (Å²) in [6.07, 6.45) is 2.79. The average Bonchev–Trinajstić information content (AvgIpc) is 2.85. The number of benzene rings is 1. The predicted octanol–water partition coefficient (Wildman–Crippen LogP) is 3.11. The molecule has 0 unspecified atom stereocenters. The first-order valence-corrected chi connectivity index (χ1v) is 8.24. The molecule has 3 rings (SSSR count). The smallest absolute Gasteiger partial charge is 0.254 e. The lowest BCUT2D eigenvalue weighted by molar-refractivity contribution is 0.00863. The molecular formula is C18H25NO3. The van der Waals surface area contributed by atoms with Crippen molar-refractivity contribution in [3.63, 3.8) is 0 Å². The van der Waals surface area contributed by atoms with Gasteiger partial charge in [-0.3, -0.25) is 4.79 Å². The monoisotopic (exact) mass is 303 g/mol. The van der Waals surface area contributed by atoms with E-state index in [2.05, 4.69) is 6.92 Å². The molecule has 0 aromatic heterocycles. The molecule has 1 aromatic rings. The predicted molar refractivity (Wildman–Crippen MR) is 85.2 cm³/mol. The zero-order chi connectivity index (χ0) is 15.7. The Labute approximate surface area is 132 Å². The van der Waals surface area contributed by atoms with Crippen molar-refractivity contribution >= 4 is 5.91 Å². The van der Waals surface area contributed by atoms with E-state index in [0.29, 0.717) is 23.7 Å². The second-order valence-corrected chi connectivity index (χ2v) is 6.72. The van der Waals surface area contributed by atoms with Crippen LogP contribution in [0, 0.1) is 5.92 Å². The van der Waals surface area contributed by atoms with Gasteiger partial charge in [-0.2, -0.15) is 0 Å². The highest BCUT2D eigenvalue weighted by atomic mass is 16.5. The third-order valence-corrected chi connectivity index (χ3v) is 4.45. The number of piperidine rings is 1. The fraction of sp³-hybridized carbons (Fsp3) is 0.611. The second-order valence-electron chi connectivity index (χ2n) is 6.72. The summed E-state index contributed by atoms with van der Waals surface area (Å²) in [6, 6.07) is 7.51. The summed E-state index contributed by atoms with van der Waals surface area (Å²) >= 11 is 0. The third kappa shape index (κ3) is 3.27. The molecule has 4 heteroatoms. The molecule has 3 atom stereocenters. The van der Waals surface area contributed by atoms with Crippen molar-refractivity contribution in [3.8, 4) is 5.75 Å². The Morgan fingerprint density at radius 2 is 2.23 bits per heavy atom. The van der Waals surface area contributed by atoms with Gasteiger partial charge < -0.3 is 14.4 Å². The highest BCUT2D eigenvalue weighted by molar-refractivity contribution is 5.94. The van der Waals surface area contributed by atoms with Gasteiger partial charge in [-0.25, -0.2) is 0 Å². The second kappa shape index (κ2) is 6.29. The van der Waals surface area contributed by atoms with Gasteiger partial charge in [-0.1, -0.05) is 6.07 Å². The number of hydrogen-bond acceptors (Lipinski definition) is 3. The summed E-state index contributed by atoms with van der Waals surface area (Å²) in [4.78, 5) is 14.7. The Hall–Kier alpha value is -1.55. The Bertz CT molecular complexity index is 543. The first-order valence-electron chi connectivity index (χ1n) is 8.24. The minimum Gasteiger partial charge on any atom is -0.491 e. The zero-order valence-corrected chi connectivity index (χ0v) is 13.6. The van der Waals surface area contributed by atoms with Crippen LogP contribution in [-0.4, -0.2) is 42.2 Å². The standard InChI is InChI=1S/C18H25NO3/c1-12(2)21-16-6-4-5-14(10-16)18(20)19-8-7-17-15(11-19)9-13(3)22-17/h4-6,10,12-13,15,17H,7-9,11H2,1-3H3/t13-,15-,17-/m0/s1. The molecule has 1 aromatic carbocycles. The molecule has 1 amide bonds. The first kappa shape index (κ1) is 15.3. The molecule has 2 saturated heterocycles. The van der Waals surface area contributed by atoms with Crippen LogP contribution in [0.15, 0.2) is 24.3 Å². The lowest BCUT2D eigenvalue weighted by Gasteiger charge is -2.34. The zero-order valence-electron chi connectivity index (χ0n) is 13.6. The molecular weight excluding hydrogens is 278 g/mol. The van der Waals surface area contributed by atoms with Crippen LogP contribution >= 0.6 is 0 Å². The van der Waals surface area contributed by atoms with Gasteiger partial charge in [-0.05, 0) is 51.8 Å². The molecule has 2 fully saturated rings. The summed E-state index contributed by atoms with van der Waals surface area (Å²) in [5.41, 5.74) is 0.712. The number of amides is 1. The van der Waals surface area contributed by atoms with Crippen LogP contribution in [0.25, 0.3) is 0 Å². The van der Waals surface area contributed by atoms with Gasteiger partial charge in [0.2, 0.25) is 0 Å². The molecule has 2 aliphatic heterocycles. The lowest BCUT2D eigenvalue weighted by atomic mass is 9.92. The quantitative estimate of drug-likeness (QED) is 0.861. The van der Waals surface area contributed by atoms with Gasteiger partial charge >= 0.3 is 0 Å². The lowest BCUT2D eigenvalue weighted by Crippen LogP contribution is -2.44. The largest absolute Gasteiger partial charge is 0.491 e. The molecule has 22 heavy (non-hydrogen) atoms. The number of likely N-dealkylation sites (tertiary alicyclic amines) is 1. The van der Waals surface area contributed by atoms with E-state index in [4.69, 9.17) is 9.47 Å². The van der Waals surface area contributed by atoms with Crippen molar-refractivity contribution in [1.29, 1.82) is 0 Å². The molecule has 0 radical (unpaired) electrons. The SMILES string of the molecule is CC(C)Oc1cccc(C(=O)N2CC[C@@H]3O[C@@H](C)C[C@H]3C2)c1. The summed E-state index contributed by atoms with van der Waals surface area (Å²) in [5, 5.41) is 0. The Morgan fingerprint density at radius 3 is 3.00 bits per heavy atom. The third-order valence-electron chi connectivity index (χ3n) is 4.45. The molecule has 2 aliphatic rings. The summed E-state index contributed by atoms with van der Waals surface area (Å²) in [5.74, 6) is 1.35. The van der Waals surface area contributed by atoms with Crippen molar-refractivity contribution in [2.45, 2.75) is 51.9 Å². The van der Waals surface area contributed by atoms with E-state index in [1.807, 2.05) is 43.0 Å². The van der Waals surface area contributed by atoms with Gasteiger partial charge in [-0.15, -0.1) is 0 Å². The van der Waals surface area contributed by atoms with Crippen molar-refractivity contribution in [2.24, 2.45) is 5.92 Å². The molecule has 2 heterocycles. The normalized spacial score (nSPS) is 27.8. The Balaban J connectivity index is 1.69. The molecule has 0 spiro atoms. The van der Waals surface area contributed by atoms with Crippen molar-refractivity contribution in [1.82, 2.24) is 4.90 Å². The van der Waals surface area contributed by atoms with Crippen LogP contribution in [0.4, 0.5) is 0 Å². The number of hydrogen-bond donors (Lipinski definition) is 0. The topological polar surface area (TPSA) is 38.8 Å². The van der Waals surface area contributed by atoms with Crippen LogP contribution < -0.4 is 4.74 Å². The maximum Gasteiger partial charge on any atom is 0.254 e. The maximum atomic E-state index is 12.7. The Kier molecular flexibility index (Phi) is 4.39. The van der Waals surface area contributed by atoms with Crippen LogP contribution in [0.1, 0.15) is 44.0 Å². The van der Waals surface area contributed by atoms with Crippen molar-refractivity contribution in [3.05, 3.63) is 29.8 Å². The van der Waals surface area contributed by atoms with Crippen LogP contribution in [0.2, 0.25) is 0 Å². The number of rotatable bonds is 3. The molecule has 0 bridgehead atoms. The Morgan fingerprint density at radius 1 is 1.41 bits per heavy atom. The molecule has 4 nitrogen and oxygen atoms in total.